The van der Waals surface area contributed by atoms with Gasteiger partial charge in [-0.1, -0.05) is 12.1 Å². The molecule has 1 aromatic heterocycles. The molecule has 0 aliphatic carbocycles. The molecule has 0 amide bonds. The number of methoxy groups -OCH3 is 1. The van der Waals surface area contributed by atoms with Crippen LogP contribution in [0.15, 0.2) is 36.5 Å². The highest BCUT2D eigenvalue weighted by molar-refractivity contribution is 5.94. The third kappa shape index (κ3) is 3.10. The zero-order valence-corrected chi connectivity index (χ0v) is 11.3. The van der Waals surface area contributed by atoms with Gasteiger partial charge in [-0.15, -0.1) is 0 Å². The van der Waals surface area contributed by atoms with Crippen LogP contribution in [0.2, 0.25) is 0 Å². The van der Waals surface area contributed by atoms with E-state index >= 15 is 0 Å². The minimum atomic E-state index is -0.103. The molecule has 4 nitrogen and oxygen atoms in total. The highest BCUT2D eigenvalue weighted by Gasteiger charge is 2.05. The van der Waals surface area contributed by atoms with E-state index in [1.807, 2.05) is 38.1 Å². The predicted octanol–water partition coefficient (Wildman–Crippen LogP) is 2.86. The summed E-state index contributed by atoms with van der Waals surface area (Å²) in [6.07, 6.45) is 5.04. The van der Waals surface area contributed by atoms with Gasteiger partial charge in [-0.3, -0.25) is 9.36 Å². The van der Waals surface area contributed by atoms with Crippen molar-refractivity contribution in [1.82, 2.24) is 9.55 Å². The molecule has 19 heavy (non-hydrogen) atoms. The summed E-state index contributed by atoms with van der Waals surface area (Å²) in [5.74, 6) is 1.39. The third-order valence-corrected chi connectivity index (χ3v) is 2.77. The summed E-state index contributed by atoms with van der Waals surface area (Å²) in [7, 11) is 1.62. The molecule has 0 atom stereocenters. The minimum Gasteiger partial charge on any atom is -0.497 e. The van der Waals surface area contributed by atoms with Gasteiger partial charge in [0.15, 0.2) is 0 Å². The zero-order chi connectivity index (χ0) is 13.8. The fourth-order valence-corrected chi connectivity index (χ4v) is 1.80. The van der Waals surface area contributed by atoms with Crippen LogP contribution >= 0.6 is 0 Å². The van der Waals surface area contributed by atoms with E-state index < -0.39 is 0 Å². The number of hydrogen-bond donors (Lipinski definition) is 0. The minimum absolute atomic E-state index is 0.103. The van der Waals surface area contributed by atoms with E-state index in [0.29, 0.717) is 5.82 Å². The molecule has 0 saturated carbocycles. The first kappa shape index (κ1) is 13.1. The van der Waals surface area contributed by atoms with Gasteiger partial charge < -0.3 is 4.74 Å². The second-order valence-corrected chi connectivity index (χ2v) is 4.24. The van der Waals surface area contributed by atoms with Crippen LogP contribution in [0.4, 0.5) is 0 Å². The number of rotatable bonds is 3. The van der Waals surface area contributed by atoms with Crippen LogP contribution < -0.4 is 4.74 Å². The van der Waals surface area contributed by atoms with E-state index in [0.717, 1.165) is 17.0 Å². The maximum Gasteiger partial charge on any atom is 0.256 e. The average Bonchev–Trinajstić information content (AvgIpc) is 2.75. The molecule has 0 N–H and O–H groups in total. The van der Waals surface area contributed by atoms with Gasteiger partial charge >= 0.3 is 0 Å². The van der Waals surface area contributed by atoms with Crippen LogP contribution in [-0.4, -0.2) is 22.6 Å². The number of aromatic nitrogens is 2. The first-order valence-electron chi connectivity index (χ1n) is 5.99. The molecule has 98 valence electrons. The molecule has 1 heterocycles. The Hall–Kier alpha value is -2.36. The Kier molecular flexibility index (Phi) is 3.80. The molecule has 0 fully saturated rings. The van der Waals surface area contributed by atoms with Crippen LogP contribution in [0.1, 0.15) is 21.9 Å². The Labute approximate surface area is 112 Å². The van der Waals surface area contributed by atoms with Crippen LogP contribution in [0, 0.1) is 13.8 Å². The fourth-order valence-electron chi connectivity index (χ4n) is 1.80. The van der Waals surface area contributed by atoms with Crippen molar-refractivity contribution in [3.63, 3.8) is 0 Å². The standard InChI is InChI=1S/C15H16N2O2/c1-11-10-17(12(2)16-11)15(18)9-6-13-4-7-14(19-3)8-5-13/h4-10H,1-3H3/b9-6-. The van der Waals surface area contributed by atoms with E-state index in [4.69, 9.17) is 4.74 Å². The van der Waals surface area contributed by atoms with E-state index in [1.165, 1.54) is 10.6 Å². The lowest BCUT2D eigenvalue weighted by molar-refractivity contribution is 0.0967. The molecule has 2 aromatic rings. The molecular formula is C15H16N2O2. The molecule has 0 spiro atoms. The lowest BCUT2D eigenvalue weighted by Gasteiger charge is -2.00. The van der Waals surface area contributed by atoms with Crippen molar-refractivity contribution in [2.75, 3.05) is 7.11 Å². The highest BCUT2D eigenvalue weighted by atomic mass is 16.5. The SMILES string of the molecule is COc1ccc(/C=C\C(=O)n2cc(C)nc2C)cc1. The third-order valence-electron chi connectivity index (χ3n) is 2.77. The Balaban J connectivity index is 2.13. The van der Waals surface area contributed by atoms with Crippen molar-refractivity contribution in [3.05, 3.63) is 53.6 Å². The molecule has 0 radical (unpaired) electrons. The summed E-state index contributed by atoms with van der Waals surface area (Å²) >= 11 is 0. The van der Waals surface area contributed by atoms with Crippen molar-refractivity contribution >= 4 is 12.0 Å². The number of imidazole rings is 1. The van der Waals surface area contributed by atoms with Gasteiger partial charge in [0.1, 0.15) is 11.6 Å². The Morgan fingerprint density at radius 2 is 1.95 bits per heavy atom. The van der Waals surface area contributed by atoms with E-state index in [9.17, 15) is 4.79 Å². The molecule has 1 aromatic carbocycles. The van der Waals surface area contributed by atoms with Gasteiger partial charge in [0.25, 0.3) is 5.91 Å². The number of carbonyl (C=O) groups excluding carboxylic acids is 1. The molecular weight excluding hydrogens is 240 g/mol. The van der Waals surface area contributed by atoms with Crippen molar-refractivity contribution in [2.45, 2.75) is 13.8 Å². The number of allylic oxidation sites excluding steroid dienone is 1. The quantitative estimate of drug-likeness (QED) is 0.793. The second-order valence-electron chi connectivity index (χ2n) is 4.24. The normalized spacial score (nSPS) is 10.9. The van der Waals surface area contributed by atoms with Crippen molar-refractivity contribution in [3.8, 4) is 5.75 Å². The summed E-state index contributed by atoms with van der Waals surface area (Å²) in [6.45, 7) is 3.68. The predicted molar refractivity (Wildman–Crippen MR) is 74.4 cm³/mol. The van der Waals surface area contributed by atoms with Crippen LogP contribution in [0.3, 0.4) is 0 Å². The summed E-state index contributed by atoms with van der Waals surface area (Å²) < 4.78 is 6.62. The average molecular weight is 256 g/mol. The number of carbonyl (C=O) groups is 1. The molecule has 0 saturated heterocycles. The van der Waals surface area contributed by atoms with E-state index in [2.05, 4.69) is 4.98 Å². The van der Waals surface area contributed by atoms with Gasteiger partial charge in [-0.25, -0.2) is 4.98 Å². The summed E-state index contributed by atoms with van der Waals surface area (Å²) in [6, 6.07) is 7.51. The molecule has 4 heteroatoms. The van der Waals surface area contributed by atoms with Gasteiger partial charge in [0.2, 0.25) is 0 Å². The van der Waals surface area contributed by atoms with Gasteiger partial charge in [0.05, 0.1) is 12.8 Å². The van der Waals surface area contributed by atoms with Gasteiger partial charge in [-0.05, 0) is 37.6 Å². The maximum atomic E-state index is 12.0. The monoisotopic (exact) mass is 256 g/mol. The van der Waals surface area contributed by atoms with Crippen molar-refractivity contribution < 1.29 is 9.53 Å². The Morgan fingerprint density at radius 1 is 1.26 bits per heavy atom. The number of benzene rings is 1. The summed E-state index contributed by atoms with van der Waals surface area (Å²) in [5, 5.41) is 0. The maximum absolute atomic E-state index is 12.0. The van der Waals surface area contributed by atoms with Crippen molar-refractivity contribution in [1.29, 1.82) is 0 Å². The lowest BCUT2D eigenvalue weighted by atomic mass is 10.2. The summed E-state index contributed by atoms with van der Waals surface area (Å²) in [5.41, 5.74) is 1.78. The van der Waals surface area contributed by atoms with E-state index in [-0.39, 0.29) is 5.91 Å². The Morgan fingerprint density at radius 3 is 2.47 bits per heavy atom. The largest absolute Gasteiger partial charge is 0.497 e. The van der Waals surface area contributed by atoms with E-state index in [1.54, 1.807) is 19.4 Å². The number of nitrogens with zero attached hydrogens (tertiary/aromatic N) is 2. The number of aryl methyl sites for hydroxylation is 2. The molecule has 0 unspecified atom stereocenters. The fraction of sp³-hybridized carbons (Fsp3) is 0.200. The van der Waals surface area contributed by atoms with Crippen molar-refractivity contribution in [2.24, 2.45) is 0 Å². The molecule has 0 bridgehead atoms. The molecule has 2 rings (SSSR count). The second kappa shape index (κ2) is 5.52. The zero-order valence-electron chi connectivity index (χ0n) is 11.3. The molecule has 0 aliphatic heterocycles. The number of hydrogen-bond acceptors (Lipinski definition) is 3. The smallest absolute Gasteiger partial charge is 0.256 e. The Bertz CT molecular complexity index is 610. The summed E-state index contributed by atoms with van der Waals surface area (Å²) in [4.78, 5) is 16.2. The first-order valence-corrected chi connectivity index (χ1v) is 5.99. The van der Waals surface area contributed by atoms with Crippen LogP contribution in [-0.2, 0) is 0 Å². The van der Waals surface area contributed by atoms with Crippen LogP contribution in [0.5, 0.6) is 5.75 Å². The molecule has 0 aliphatic rings. The topological polar surface area (TPSA) is 44.1 Å². The number of ether oxygens (including phenoxy) is 1. The van der Waals surface area contributed by atoms with Gasteiger partial charge in [0, 0.05) is 12.3 Å². The van der Waals surface area contributed by atoms with Crippen LogP contribution in [0.25, 0.3) is 6.08 Å². The first-order chi connectivity index (χ1) is 9.10. The van der Waals surface area contributed by atoms with Gasteiger partial charge in [-0.2, -0.15) is 0 Å². The lowest BCUT2D eigenvalue weighted by Crippen LogP contribution is -2.07. The highest BCUT2D eigenvalue weighted by Crippen LogP contribution is 2.12.